The molecular formula is C32H37F2N7O2. The highest BCUT2D eigenvalue weighted by Crippen LogP contribution is 2.36. The minimum absolute atomic E-state index is 0.00406. The molecule has 3 aromatic rings. The maximum Gasteiger partial charge on any atom is 0.355 e. The first-order valence-electron chi connectivity index (χ1n) is 14.1. The van der Waals surface area contributed by atoms with Crippen LogP contribution in [0.1, 0.15) is 41.5 Å². The van der Waals surface area contributed by atoms with Crippen molar-refractivity contribution < 1.29 is 13.6 Å². The molecule has 2 atom stereocenters. The molecule has 0 bridgehead atoms. The van der Waals surface area contributed by atoms with Gasteiger partial charge in [0, 0.05) is 30.9 Å². The summed E-state index contributed by atoms with van der Waals surface area (Å²) >= 11 is 0. The van der Waals surface area contributed by atoms with Gasteiger partial charge in [0.1, 0.15) is 17.3 Å². The second-order valence-electron chi connectivity index (χ2n) is 11.0. The largest absolute Gasteiger partial charge is 0.398 e. The van der Waals surface area contributed by atoms with E-state index in [1.807, 2.05) is 52.5 Å². The quantitative estimate of drug-likeness (QED) is 0.171. The Bertz CT molecular complexity index is 1710. The molecule has 0 saturated carbocycles. The zero-order valence-electron chi connectivity index (χ0n) is 25.4. The van der Waals surface area contributed by atoms with Crippen LogP contribution in [0.5, 0.6) is 0 Å². The summed E-state index contributed by atoms with van der Waals surface area (Å²) in [6.07, 6.45) is 3.08. The van der Waals surface area contributed by atoms with E-state index in [1.54, 1.807) is 4.90 Å². The molecule has 1 saturated heterocycles. The maximum absolute atomic E-state index is 16.0. The maximum atomic E-state index is 16.0. The van der Waals surface area contributed by atoms with E-state index in [4.69, 9.17) is 5.73 Å². The van der Waals surface area contributed by atoms with E-state index in [-0.39, 0.29) is 57.7 Å². The monoisotopic (exact) mass is 589 g/mol. The van der Waals surface area contributed by atoms with Crippen molar-refractivity contribution in [2.24, 2.45) is 10.9 Å². The SMILES string of the molecule is C=CC(=O)N1[C@H](C)CN(c2nc(=O)n(C(/C(C)=C\C)=C(/N=C)C(C)C)c3nc(-c4c(N)cccc4F)c(F)cc23)C[C@@H]1C. The van der Waals surface area contributed by atoms with E-state index in [2.05, 4.69) is 28.3 Å². The van der Waals surface area contributed by atoms with Crippen molar-refractivity contribution in [2.75, 3.05) is 23.7 Å². The highest BCUT2D eigenvalue weighted by Gasteiger charge is 2.34. The lowest BCUT2D eigenvalue weighted by molar-refractivity contribution is -0.130. The number of nitrogens with zero attached hydrogens (tertiary/aromatic N) is 6. The molecule has 0 radical (unpaired) electrons. The minimum atomic E-state index is -0.835. The van der Waals surface area contributed by atoms with Crippen LogP contribution in [0.2, 0.25) is 0 Å². The number of hydrogen-bond acceptors (Lipinski definition) is 7. The fraction of sp³-hybridized carbons (Fsp3) is 0.344. The molecule has 226 valence electrons. The summed E-state index contributed by atoms with van der Waals surface area (Å²) in [5, 5.41) is 0.229. The van der Waals surface area contributed by atoms with Crippen LogP contribution in [0.3, 0.4) is 0 Å². The first kappa shape index (κ1) is 31.3. The average molecular weight is 590 g/mol. The van der Waals surface area contributed by atoms with Crippen LogP contribution < -0.4 is 16.3 Å². The molecule has 11 heteroatoms. The van der Waals surface area contributed by atoms with Gasteiger partial charge in [-0.3, -0.25) is 9.79 Å². The molecular weight excluding hydrogens is 552 g/mol. The third-order valence-corrected chi connectivity index (χ3v) is 7.72. The molecule has 2 N–H and O–H groups in total. The number of carbonyl (C=O) groups is 1. The highest BCUT2D eigenvalue weighted by atomic mass is 19.1. The molecule has 1 aliphatic heterocycles. The van der Waals surface area contributed by atoms with Crippen LogP contribution in [-0.4, -0.2) is 57.2 Å². The Morgan fingerprint density at radius 1 is 1.16 bits per heavy atom. The molecule has 0 spiro atoms. The average Bonchev–Trinajstić information content (AvgIpc) is 2.95. The number of nitrogens with two attached hydrogens (primary N) is 1. The van der Waals surface area contributed by atoms with Crippen molar-refractivity contribution in [1.82, 2.24) is 19.4 Å². The number of anilines is 2. The summed E-state index contributed by atoms with van der Waals surface area (Å²) in [4.78, 5) is 43.4. The van der Waals surface area contributed by atoms with Gasteiger partial charge in [-0.15, -0.1) is 0 Å². The summed E-state index contributed by atoms with van der Waals surface area (Å²) < 4.78 is 32.3. The van der Waals surface area contributed by atoms with Gasteiger partial charge in [0.15, 0.2) is 11.5 Å². The normalized spacial score (nSPS) is 18.2. The van der Waals surface area contributed by atoms with Crippen molar-refractivity contribution in [3.63, 3.8) is 0 Å². The van der Waals surface area contributed by atoms with Crippen LogP contribution in [0, 0.1) is 17.6 Å². The molecule has 1 aliphatic rings. The number of aromatic nitrogens is 3. The number of aliphatic imine (C=N–C) groups is 1. The third-order valence-electron chi connectivity index (χ3n) is 7.72. The van der Waals surface area contributed by atoms with Crippen molar-refractivity contribution in [3.05, 3.63) is 76.4 Å². The zero-order chi connectivity index (χ0) is 31.7. The summed E-state index contributed by atoms with van der Waals surface area (Å²) in [5.41, 5.74) is 6.49. The van der Waals surface area contributed by atoms with Gasteiger partial charge in [-0.2, -0.15) is 4.98 Å². The molecule has 0 aliphatic carbocycles. The Kier molecular flexibility index (Phi) is 8.93. The van der Waals surface area contributed by atoms with Crippen LogP contribution >= 0.6 is 0 Å². The Morgan fingerprint density at radius 2 is 1.81 bits per heavy atom. The molecule has 1 fully saturated rings. The van der Waals surface area contributed by atoms with Gasteiger partial charge in [0.25, 0.3) is 0 Å². The van der Waals surface area contributed by atoms with E-state index in [0.29, 0.717) is 30.1 Å². The summed E-state index contributed by atoms with van der Waals surface area (Å²) in [6, 6.07) is 4.73. The van der Waals surface area contributed by atoms with E-state index in [9.17, 15) is 9.59 Å². The number of pyridine rings is 1. The van der Waals surface area contributed by atoms with Crippen molar-refractivity contribution >= 4 is 40.9 Å². The van der Waals surface area contributed by atoms with Crippen molar-refractivity contribution in [1.29, 1.82) is 0 Å². The predicted molar refractivity (Wildman–Crippen MR) is 169 cm³/mol. The number of piperazine rings is 1. The molecule has 43 heavy (non-hydrogen) atoms. The number of halogens is 2. The lowest BCUT2D eigenvalue weighted by Gasteiger charge is -2.44. The molecule has 4 rings (SSSR count). The summed E-state index contributed by atoms with van der Waals surface area (Å²) in [7, 11) is 0. The second kappa shape index (κ2) is 12.3. The molecule has 2 aromatic heterocycles. The van der Waals surface area contributed by atoms with Crippen molar-refractivity contribution in [2.45, 2.75) is 53.6 Å². The number of allylic oxidation sites excluding steroid dienone is 4. The lowest BCUT2D eigenvalue weighted by atomic mass is 10.0. The molecule has 1 aromatic carbocycles. The Morgan fingerprint density at radius 3 is 2.35 bits per heavy atom. The van der Waals surface area contributed by atoms with E-state index >= 15 is 8.78 Å². The van der Waals surface area contributed by atoms with E-state index in [0.717, 1.165) is 0 Å². The first-order valence-corrected chi connectivity index (χ1v) is 14.1. The number of amides is 1. The summed E-state index contributed by atoms with van der Waals surface area (Å²) in [5.74, 6) is -1.74. The highest BCUT2D eigenvalue weighted by molar-refractivity contribution is 5.93. The molecule has 3 heterocycles. The zero-order valence-corrected chi connectivity index (χ0v) is 25.4. The van der Waals surface area contributed by atoms with Crippen LogP contribution in [0.15, 0.2) is 64.1 Å². The molecule has 0 unspecified atom stereocenters. The third kappa shape index (κ3) is 5.59. The van der Waals surface area contributed by atoms with Gasteiger partial charge in [-0.1, -0.05) is 32.6 Å². The number of hydrogen-bond donors (Lipinski definition) is 1. The number of fused-ring (bicyclic) bond motifs is 1. The Hall–Kier alpha value is -4.67. The minimum Gasteiger partial charge on any atom is -0.398 e. The van der Waals surface area contributed by atoms with Crippen LogP contribution in [-0.2, 0) is 4.79 Å². The van der Waals surface area contributed by atoms with Gasteiger partial charge in [0.2, 0.25) is 5.91 Å². The molecule has 1 amide bonds. The van der Waals surface area contributed by atoms with Gasteiger partial charge in [0.05, 0.1) is 22.3 Å². The van der Waals surface area contributed by atoms with E-state index < -0.39 is 17.3 Å². The Labute approximate surface area is 249 Å². The van der Waals surface area contributed by atoms with Gasteiger partial charge in [-0.25, -0.2) is 23.1 Å². The fourth-order valence-electron chi connectivity index (χ4n) is 5.71. The topological polar surface area (TPSA) is 110 Å². The molecule has 9 nitrogen and oxygen atoms in total. The lowest BCUT2D eigenvalue weighted by Crippen LogP contribution is -2.58. The smallest absolute Gasteiger partial charge is 0.355 e. The second-order valence-corrected chi connectivity index (χ2v) is 11.0. The Balaban J connectivity index is 2.12. The summed E-state index contributed by atoms with van der Waals surface area (Å²) in [6.45, 7) is 19.2. The number of rotatable bonds is 7. The van der Waals surface area contributed by atoms with Gasteiger partial charge >= 0.3 is 5.69 Å². The van der Waals surface area contributed by atoms with E-state index in [1.165, 1.54) is 34.9 Å². The number of nitrogen functional groups attached to an aromatic ring is 1. The van der Waals surface area contributed by atoms with Gasteiger partial charge < -0.3 is 15.5 Å². The predicted octanol–water partition coefficient (Wildman–Crippen LogP) is 5.42. The standard InChI is InChI=1S/C32H37F2N7O2/c1-9-18(5)29(27(36-8)17(3)4)41-31-21(14-23(34)28(37-31)26-22(33)12-11-13-24(26)35)30(38-32(41)43)39-15-19(6)40(20(7)16-39)25(42)10-2/h9-14,17,19-20H,2,8,15-16,35H2,1,3-7H3/b18-9-,29-27+/t19-,20+. The van der Waals surface area contributed by atoms with Crippen LogP contribution in [0.25, 0.3) is 28.0 Å². The fourth-order valence-corrected chi connectivity index (χ4v) is 5.71. The number of carbonyl (C=O) groups excluding carboxylic acids is 1. The van der Waals surface area contributed by atoms with Gasteiger partial charge in [-0.05, 0) is 70.2 Å². The number of benzene rings is 1. The van der Waals surface area contributed by atoms with Crippen LogP contribution in [0.4, 0.5) is 20.3 Å². The van der Waals surface area contributed by atoms with Crippen molar-refractivity contribution in [3.8, 4) is 11.3 Å². The first-order chi connectivity index (χ1) is 20.4.